The molecular weight excluding hydrogens is 326 g/mol. The van der Waals surface area contributed by atoms with Crippen molar-refractivity contribution in [1.82, 2.24) is 29.5 Å². The summed E-state index contributed by atoms with van der Waals surface area (Å²) in [6, 6.07) is 0. The lowest BCUT2D eigenvalue weighted by molar-refractivity contribution is 0.457. The molecule has 0 aliphatic carbocycles. The number of aryl methyl sites for hydroxylation is 1. The van der Waals surface area contributed by atoms with Crippen LogP contribution in [-0.4, -0.2) is 39.0 Å². The molecule has 2 aromatic rings. The van der Waals surface area contributed by atoms with Gasteiger partial charge in [0.25, 0.3) is 0 Å². The van der Waals surface area contributed by atoms with E-state index in [0.717, 1.165) is 29.4 Å². The summed E-state index contributed by atoms with van der Waals surface area (Å²) in [6.45, 7) is 3.11. The molecule has 0 saturated heterocycles. The molecule has 2 aliphatic rings. The third kappa shape index (κ3) is 2.79. The molecule has 4 N–H and O–H groups in total. The summed E-state index contributed by atoms with van der Waals surface area (Å²) in [5.74, 6) is 0. The van der Waals surface area contributed by atoms with E-state index in [9.17, 15) is 0 Å². The van der Waals surface area contributed by atoms with Crippen LogP contribution in [-0.2, 0) is 7.05 Å². The van der Waals surface area contributed by atoms with Gasteiger partial charge in [0.15, 0.2) is 5.69 Å². The van der Waals surface area contributed by atoms with Crippen LogP contribution in [0.1, 0.15) is 19.8 Å². The van der Waals surface area contributed by atoms with Crippen molar-refractivity contribution in [3.63, 3.8) is 0 Å². The Hall–Kier alpha value is -2.64. The van der Waals surface area contributed by atoms with Gasteiger partial charge in [-0.1, -0.05) is 6.92 Å². The molecule has 2 aromatic heterocycles. The summed E-state index contributed by atoms with van der Waals surface area (Å²) in [6.07, 6.45) is 16.0. The van der Waals surface area contributed by atoms with Crippen molar-refractivity contribution in [3.05, 3.63) is 52.8 Å². The molecule has 136 valence electrons. The number of aromatic nitrogens is 4. The largest absolute Gasteiger partial charge is 0.368 e. The number of nitrogens with one attached hydrogen (secondary N) is 2. The van der Waals surface area contributed by atoms with Crippen LogP contribution >= 0.6 is 0 Å². The second kappa shape index (κ2) is 5.96. The van der Waals surface area contributed by atoms with Gasteiger partial charge >= 0.3 is 0 Å². The highest BCUT2D eigenvalue weighted by molar-refractivity contribution is 5.51. The van der Waals surface area contributed by atoms with Crippen LogP contribution in [0.5, 0.6) is 0 Å². The number of rotatable bonds is 4. The first kappa shape index (κ1) is 16.8. The third-order valence-corrected chi connectivity index (χ3v) is 5.39. The van der Waals surface area contributed by atoms with Gasteiger partial charge in [-0.25, -0.2) is 4.98 Å². The van der Waals surface area contributed by atoms with E-state index in [4.69, 9.17) is 5.73 Å². The molecule has 2 atom stereocenters. The number of fused-ring (bicyclic) bond motifs is 1. The normalized spacial score (nSPS) is 27.5. The maximum Gasteiger partial charge on any atom is 0.175 e. The zero-order valence-corrected chi connectivity index (χ0v) is 15.5. The predicted molar refractivity (Wildman–Crippen MR) is 104 cm³/mol. The molecule has 0 saturated carbocycles. The fraction of sp³-hybridized carbons (Fsp3) is 0.368. The number of nitrogens with zero attached hydrogens (tertiary/aromatic N) is 4. The fourth-order valence-electron chi connectivity index (χ4n) is 3.79. The first-order valence-corrected chi connectivity index (χ1v) is 8.95. The highest BCUT2D eigenvalue weighted by Crippen LogP contribution is 2.32. The van der Waals surface area contributed by atoms with Gasteiger partial charge in [0.05, 0.1) is 24.9 Å². The Balaban J connectivity index is 1.71. The minimum Gasteiger partial charge on any atom is -0.368 e. The van der Waals surface area contributed by atoms with Crippen molar-refractivity contribution in [1.29, 1.82) is 0 Å². The van der Waals surface area contributed by atoms with Gasteiger partial charge in [-0.2, -0.15) is 5.10 Å². The van der Waals surface area contributed by atoms with Crippen molar-refractivity contribution < 1.29 is 0 Å². The maximum atomic E-state index is 6.72. The van der Waals surface area contributed by atoms with Crippen LogP contribution < -0.4 is 26.2 Å². The van der Waals surface area contributed by atoms with Crippen LogP contribution in [0.4, 0.5) is 5.69 Å². The highest BCUT2D eigenvalue weighted by atomic mass is 15.3. The number of imidazole rings is 1. The van der Waals surface area contributed by atoms with E-state index in [0.29, 0.717) is 10.9 Å². The van der Waals surface area contributed by atoms with Crippen molar-refractivity contribution in [2.45, 2.75) is 25.4 Å². The monoisotopic (exact) mass is 352 g/mol. The van der Waals surface area contributed by atoms with Gasteiger partial charge in [-0.3, -0.25) is 9.58 Å². The lowest BCUT2D eigenvalue weighted by Crippen LogP contribution is -2.56. The van der Waals surface area contributed by atoms with E-state index in [2.05, 4.69) is 52.8 Å². The molecule has 2 unspecified atom stereocenters. The van der Waals surface area contributed by atoms with Crippen molar-refractivity contribution in [3.8, 4) is 0 Å². The topological polar surface area (TPSA) is 84.6 Å². The fourth-order valence-corrected chi connectivity index (χ4v) is 3.79. The van der Waals surface area contributed by atoms with E-state index in [1.807, 2.05) is 36.5 Å². The van der Waals surface area contributed by atoms with Crippen molar-refractivity contribution in [2.24, 2.45) is 12.8 Å². The van der Waals surface area contributed by atoms with Crippen LogP contribution in [0.25, 0.3) is 12.3 Å². The minimum atomic E-state index is -0.639. The number of quaternary nitrogens is 1. The quantitative estimate of drug-likeness (QED) is 0.686. The first-order valence-electron chi connectivity index (χ1n) is 8.95. The van der Waals surface area contributed by atoms with E-state index in [1.54, 1.807) is 0 Å². The average Bonchev–Trinajstić information content (AvgIpc) is 3.26. The Bertz CT molecular complexity index is 995. The lowest BCUT2D eigenvalue weighted by atomic mass is 9.90. The van der Waals surface area contributed by atoms with Crippen molar-refractivity contribution in [2.75, 3.05) is 13.6 Å². The second-order valence-electron chi connectivity index (χ2n) is 7.42. The SMILES string of the molecule is CCC1=CC[N+](C)(c2cn[nH]c2)C=C1CC1(N)C=c2c(ncn2C)=CN1. The average molecular weight is 352 g/mol. The number of H-pyrrole nitrogens is 1. The smallest absolute Gasteiger partial charge is 0.175 e. The molecule has 0 fully saturated rings. The zero-order chi connectivity index (χ0) is 18.4. The third-order valence-electron chi connectivity index (χ3n) is 5.39. The maximum absolute atomic E-state index is 6.72. The molecule has 7 nitrogen and oxygen atoms in total. The predicted octanol–water partition coefficient (Wildman–Crippen LogP) is 0.181. The lowest BCUT2D eigenvalue weighted by Gasteiger charge is -2.35. The van der Waals surface area contributed by atoms with Crippen LogP contribution in [0, 0.1) is 0 Å². The van der Waals surface area contributed by atoms with Gasteiger partial charge in [0, 0.05) is 25.2 Å². The number of nitrogens with two attached hydrogens (primary N) is 1. The Morgan fingerprint density at radius 2 is 2.23 bits per heavy atom. The van der Waals surface area contributed by atoms with Gasteiger partial charge in [0.2, 0.25) is 0 Å². The van der Waals surface area contributed by atoms with E-state index < -0.39 is 5.66 Å². The van der Waals surface area contributed by atoms with E-state index in [-0.39, 0.29) is 0 Å². The number of hydrogen-bond acceptors (Lipinski definition) is 4. The van der Waals surface area contributed by atoms with Crippen LogP contribution in [0.15, 0.2) is 42.1 Å². The molecule has 0 bridgehead atoms. The van der Waals surface area contributed by atoms with Gasteiger partial charge in [-0.15, -0.1) is 0 Å². The summed E-state index contributed by atoms with van der Waals surface area (Å²) >= 11 is 0. The minimum absolute atomic E-state index is 0.639. The van der Waals surface area contributed by atoms with Gasteiger partial charge in [0.1, 0.15) is 30.0 Å². The molecule has 0 radical (unpaired) electrons. The Kier molecular flexibility index (Phi) is 3.86. The van der Waals surface area contributed by atoms with Crippen LogP contribution in [0.2, 0.25) is 0 Å². The van der Waals surface area contributed by atoms with Gasteiger partial charge in [-0.05, 0) is 24.1 Å². The number of allylic oxidation sites excluding steroid dienone is 1. The zero-order valence-electron chi connectivity index (χ0n) is 15.5. The molecule has 7 heteroatoms. The first-order chi connectivity index (χ1) is 12.4. The van der Waals surface area contributed by atoms with E-state index >= 15 is 0 Å². The Morgan fingerprint density at radius 3 is 2.96 bits per heavy atom. The Morgan fingerprint density at radius 1 is 1.38 bits per heavy atom. The summed E-state index contributed by atoms with van der Waals surface area (Å²) < 4.78 is 2.69. The molecular formula is C19H26N7+. The molecule has 0 aromatic carbocycles. The van der Waals surface area contributed by atoms with Crippen LogP contribution in [0.3, 0.4) is 0 Å². The molecule has 4 rings (SSSR count). The number of aromatic amines is 1. The number of hydrogen-bond donors (Lipinski definition) is 3. The molecule has 2 aliphatic heterocycles. The summed E-state index contributed by atoms with van der Waals surface area (Å²) in [7, 11) is 4.19. The molecule has 26 heavy (non-hydrogen) atoms. The number of likely N-dealkylation sites (N-methyl/N-ethyl adjacent to an activating group) is 1. The molecule has 0 spiro atoms. The highest BCUT2D eigenvalue weighted by Gasteiger charge is 2.33. The van der Waals surface area contributed by atoms with E-state index in [1.165, 1.54) is 11.1 Å². The van der Waals surface area contributed by atoms with Crippen molar-refractivity contribution >= 4 is 18.0 Å². The molecule has 0 amide bonds. The summed E-state index contributed by atoms with van der Waals surface area (Å²) in [5.41, 5.74) is 9.86. The molecule has 4 heterocycles. The summed E-state index contributed by atoms with van der Waals surface area (Å²) in [4.78, 5) is 4.38. The summed E-state index contributed by atoms with van der Waals surface area (Å²) in [5, 5.41) is 12.4. The standard InChI is InChI=1S/C19H26N7/c1-4-14-5-6-26(3,16-9-23-24-10-16)12-15(14)7-19(20)8-18-17(11-22-19)21-13-25(18)2/h5,8-13,22H,4,6-7,20H2,1-3H3,(H,23,24)/q+1. The Labute approximate surface area is 152 Å². The van der Waals surface area contributed by atoms with Gasteiger partial charge < -0.3 is 15.6 Å². The second-order valence-corrected chi connectivity index (χ2v) is 7.42.